The summed E-state index contributed by atoms with van der Waals surface area (Å²) >= 11 is 12.6. The molecule has 0 saturated carbocycles. The number of hydrogen-bond acceptors (Lipinski definition) is 5. The lowest BCUT2D eigenvalue weighted by Gasteiger charge is -2.34. The molecule has 8 nitrogen and oxygen atoms in total. The zero-order chi connectivity index (χ0) is 30.2. The molecule has 41 heavy (non-hydrogen) atoms. The summed E-state index contributed by atoms with van der Waals surface area (Å²) < 4.78 is 32.7. The Morgan fingerprint density at radius 2 is 1.63 bits per heavy atom. The maximum absolute atomic E-state index is 14.2. The average molecular weight is 621 g/mol. The number of anilines is 1. The van der Waals surface area contributed by atoms with E-state index in [1.165, 1.54) is 4.90 Å². The van der Waals surface area contributed by atoms with Crippen LogP contribution in [0.1, 0.15) is 31.9 Å². The lowest BCUT2D eigenvalue weighted by atomic mass is 10.0. The Hall–Kier alpha value is -3.27. The molecule has 0 heterocycles. The SMILES string of the molecule is CCOc1ccccc1N(CC(=O)N(Cc1ccc(Cl)cc1Cl)[C@@H](Cc1ccccc1)C(=O)NC(C)C)S(C)(=O)=O. The highest BCUT2D eigenvalue weighted by Crippen LogP contribution is 2.31. The molecule has 0 spiro atoms. The topological polar surface area (TPSA) is 96.0 Å². The van der Waals surface area contributed by atoms with Crippen molar-refractivity contribution in [1.82, 2.24) is 10.2 Å². The van der Waals surface area contributed by atoms with Gasteiger partial charge in [0.15, 0.2) is 0 Å². The van der Waals surface area contributed by atoms with Crippen LogP contribution in [0.4, 0.5) is 5.69 Å². The molecule has 1 atom stereocenters. The minimum Gasteiger partial charge on any atom is -0.492 e. The summed E-state index contributed by atoms with van der Waals surface area (Å²) in [5.74, 6) is -0.644. The van der Waals surface area contributed by atoms with Crippen LogP contribution in [0.15, 0.2) is 72.8 Å². The molecule has 0 aliphatic heterocycles. The van der Waals surface area contributed by atoms with Gasteiger partial charge in [0.05, 0.1) is 18.6 Å². The predicted molar refractivity (Wildman–Crippen MR) is 164 cm³/mol. The van der Waals surface area contributed by atoms with E-state index in [0.29, 0.717) is 28.0 Å². The number of nitrogens with zero attached hydrogens (tertiary/aromatic N) is 2. The minimum absolute atomic E-state index is 0.0530. The number of rotatable bonds is 13. The predicted octanol–water partition coefficient (Wildman–Crippen LogP) is 5.32. The van der Waals surface area contributed by atoms with Gasteiger partial charge >= 0.3 is 0 Å². The number of carbonyl (C=O) groups excluding carboxylic acids is 2. The number of halogens is 2. The Morgan fingerprint density at radius 1 is 0.976 bits per heavy atom. The summed E-state index contributed by atoms with van der Waals surface area (Å²) in [6, 6.07) is 19.6. The largest absolute Gasteiger partial charge is 0.492 e. The van der Waals surface area contributed by atoms with Gasteiger partial charge < -0.3 is 15.0 Å². The summed E-state index contributed by atoms with van der Waals surface area (Å²) in [6.45, 7) is 5.13. The standard InChI is InChI=1S/C30H35Cl2N3O5S/c1-5-40-28-14-10-9-13-26(28)35(41(4,38)39)20-29(36)34(19-23-15-16-24(31)18-25(23)32)27(30(37)33-21(2)3)17-22-11-7-6-8-12-22/h6-16,18,21,27H,5,17,19-20H2,1-4H3,(H,33,37)/t27-/m0/s1. The maximum Gasteiger partial charge on any atom is 0.244 e. The quantitative estimate of drug-likeness (QED) is 0.279. The smallest absolute Gasteiger partial charge is 0.244 e. The molecule has 3 aromatic rings. The van der Waals surface area contributed by atoms with Crippen LogP contribution in [0.2, 0.25) is 10.0 Å². The fourth-order valence-electron chi connectivity index (χ4n) is 4.30. The van der Waals surface area contributed by atoms with E-state index < -0.39 is 28.5 Å². The van der Waals surface area contributed by atoms with E-state index in [9.17, 15) is 18.0 Å². The van der Waals surface area contributed by atoms with Crippen molar-refractivity contribution in [2.24, 2.45) is 0 Å². The number of benzene rings is 3. The fraction of sp³-hybridized carbons (Fsp3) is 0.333. The second-order valence-corrected chi connectivity index (χ2v) is 12.5. The number of ether oxygens (including phenoxy) is 1. The van der Waals surface area contributed by atoms with Crippen LogP contribution in [-0.2, 0) is 32.6 Å². The van der Waals surface area contributed by atoms with E-state index in [1.807, 2.05) is 44.2 Å². The molecule has 0 saturated heterocycles. The Bertz CT molecular complexity index is 1450. The normalized spacial score (nSPS) is 12.1. The average Bonchev–Trinajstić information content (AvgIpc) is 2.90. The Kier molecular flexibility index (Phi) is 11.5. The Labute approximate surface area is 252 Å². The molecule has 0 aliphatic carbocycles. The number of para-hydroxylation sites is 2. The van der Waals surface area contributed by atoms with Gasteiger partial charge in [0.1, 0.15) is 18.3 Å². The van der Waals surface area contributed by atoms with E-state index in [1.54, 1.807) is 49.4 Å². The van der Waals surface area contributed by atoms with E-state index in [2.05, 4.69) is 5.32 Å². The van der Waals surface area contributed by atoms with Gasteiger partial charge in [0, 0.05) is 29.1 Å². The third kappa shape index (κ3) is 9.11. The van der Waals surface area contributed by atoms with Crippen molar-refractivity contribution in [3.8, 4) is 5.75 Å². The molecule has 0 bridgehead atoms. The first-order valence-electron chi connectivity index (χ1n) is 13.2. The zero-order valence-corrected chi connectivity index (χ0v) is 25.8. The molecular formula is C30H35Cl2N3O5S. The molecule has 1 N–H and O–H groups in total. The lowest BCUT2D eigenvalue weighted by Crippen LogP contribution is -2.54. The van der Waals surface area contributed by atoms with E-state index in [-0.39, 0.29) is 30.6 Å². The number of amides is 2. The van der Waals surface area contributed by atoms with Gasteiger partial charge in [-0.2, -0.15) is 0 Å². The van der Waals surface area contributed by atoms with Gasteiger partial charge in [-0.1, -0.05) is 71.7 Å². The maximum atomic E-state index is 14.2. The summed E-state index contributed by atoms with van der Waals surface area (Å²) in [7, 11) is -3.94. The highest BCUT2D eigenvalue weighted by atomic mass is 35.5. The van der Waals surface area contributed by atoms with Crippen LogP contribution in [0.5, 0.6) is 5.75 Å². The molecule has 3 rings (SSSR count). The van der Waals surface area contributed by atoms with Crippen molar-refractivity contribution in [1.29, 1.82) is 0 Å². The molecule has 220 valence electrons. The van der Waals surface area contributed by atoms with Crippen LogP contribution in [0, 0.1) is 0 Å². The molecule has 2 amide bonds. The minimum atomic E-state index is -3.94. The van der Waals surface area contributed by atoms with E-state index in [4.69, 9.17) is 27.9 Å². The number of nitrogens with one attached hydrogen (secondary N) is 1. The molecular weight excluding hydrogens is 585 g/mol. The number of carbonyl (C=O) groups is 2. The van der Waals surface area contributed by atoms with Crippen molar-refractivity contribution < 1.29 is 22.7 Å². The lowest BCUT2D eigenvalue weighted by molar-refractivity contribution is -0.140. The van der Waals surface area contributed by atoms with Crippen molar-refractivity contribution in [3.05, 3.63) is 94.0 Å². The molecule has 3 aromatic carbocycles. The molecule has 0 aromatic heterocycles. The van der Waals surface area contributed by atoms with E-state index >= 15 is 0 Å². The van der Waals surface area contributed by atoms with Crippen molar-refractivity contribution in [2.45, 2.75) is 45.8 Å². The summed E-state index contributed by atoms with van der Waals surface area (Å²) in [5, 5.41) is 3.65. The zero-order valence-electron chi connectivity index (χ0n) is 23.5. The third-order valence-corrected chi connectivity index (χ3v) is 7.88. The molecule has 0 radical (unpaired) electrons. The molecule has 11 heteroatoms. The van der Waals surface area contributed by atoms with E-state index in [0.717, 1.165) is 16.1 Å². The highest BCUT2D eigenvalue weighted by molar-refractivity contribution is 7.92. The van der Waals surface area contributed by atoms with Crippen molar-refractivity contribution in [2.75, 3.05) is 23.7 Å². The Balaban J connectivity index is 2.11. The van der Waals surface area contributed by atoms with Crippen LogP contribution in [0.3, 0.4) is 0 Å². The number of sulfonamides is 1. The van der Waals surface area contributed by atoms with Crippen LogP contribution in [0.25, 0.3) is 0 Å². The van der Waals surface area contributed by atoms with Gasteiger partial charge in [-0.3, -0.25) is 13.9 Å². The fourth-order valence-corrected chi connectivity index (χ4v) is 5.62. The van der Waals surface area contributed by atoms with Crippen LogP contribution >= 0.6 is 23.2 Å². The summed E-state index contributed by atoms with van der Waals surface area (Å²) in [5.41, 5.74) is 1.61. The first kappa shape index (κ1) is 32.2. The second-order valence-electron chi connectivity index (χ2n) is 9.80. The molecule has 0 unspecified atom stereocenters. The second kappa shape index (κ2) is 14.6. The monoisotopic (exact) mass is 619 g/mol. The van der Waals surface area contributed by atoms with Gasteiger partial charge in [0.2, 0.25) is 21.8 Å². The molecule has 0 aliphatic rings. The van der Waals surface area contributed by atoms with Gasteiger partial charge in [-0.05, 0) is 56.2 Å². The van der Waals surface area contributed by atoms with Crippen molar-refractivity contribution >= 4 is 50.7 Å². The van der Waals surface area contributed by atoms with Crippen LogP contribution in [-0.4, -0.2) is 56.6 Å². The highest BCUT2D eigenvalue weighted by Gasteiger charge is 2.34. The first-order valence-corrected chi connectivity index (χ1v) is 15.8. The molecule has 0 fully saturated rings. The Morgan fingerprint density at radius 3 is 2.24 bits per heavy atom. The number of hydrogen-bond donors (Lipinski definition) is 1. The first-order chi connectivity index (χ1) is 19.4. The van der Waals surface area contributed by atoms with Gasteiger partial charge in [0.25, 0.3) is 0 Å². The summed E-state index contributed by atoms with van der Waals surface area (Å²) in [4.78, 5) is 29.2. The van der Waals surface area contributed by atoms with Crippen LogP contribution < -0.4 is 14.4 Å². The summed E-state index contributed by atoms with van der Waals surface area (Å²) in [6.07, 6.45) is 1.22. The third-order valence-electron chi connectivity index (χ3n) is 6.17. The van der Waals surface area contributed by atoms with Gasteiger partial charge in [-0.25, -0.2) is 8.42 Å². The van der Waals surface area contributed by atoms with Crippen molar-refractivity contribution in [3.63, 3.8) is 0 Å². The van der Waals surface area contributed by atoms with Gasteiger partial charge in [-0.15, -0.1) is 0 Å².